The maximum Gasteiger partial charge on any atom is 0.343 e. The average Bonchev–Trinajstić information content (AvgIpc) is 2.29. The minimum absolute atomic E-state index is 0.0245. The summed E-state index contributed by atoms with van der Waals surface area (Å²) in [5, 5.41) is 0. The van der Waals surface area contributed by atoms with Crippen LogP contribution in [0.2, 0.25) is 0 Å². The fourth-order valence-corrected chi connectivity index (χ4v) is 1.64. The average molecular weight is 275 g/mol. The zero-order chi connectivity index (χ0) is 13.8. The Morgan fingerprint density at radius 3 is 2.67 bits per heavy atom. The molecule has 0 saturated heterocycles. The highest BCUT2D eigenvalue weighted by molar-refractivity contribution is 7.85. The molecule has 100 valence electrons. The van der Waals surface area contributed by atoms with E-state index in [1.54, 1.807) is 0 Å². The lowest BCUT2D eigenvalue weighted by Crippen LogP contribution is -2.28. The number of hydrogen-bond donors (Lipinski definition) is 0. The largest absolute Gasteiger partial charge is 0.465 e. The zero-order valence-electron chi connectivity index (χ0n) is 9.95. The molecule has 0 radical (unpaired) electrons. The summed E-state index contributed by atoms with van der Waals surface area (Å²) in [5.74, 6) is -0.738. The van der Waals surface area contributed by atoms with E-state index in [0.29, 0.717) is 0 Å². The lowest BCUT2D eigenvalue weighted by Gasteiger charge is -2.06. The summed E-state index contributed by atoms with van der Waals surface area (Å²) in [6.07, 6.45) is 2.35. The van der Waals surface area contributed by atoms with Gasteiger partial charge in [-0.1, -0.05) is 0 Å². The van der Waals surface area contributed by atoms with E-state index in [2.05, 4.69) is 8.92 Å². The highest BCUT2D eigenvalue weighted by atomic mass is 32.2. The van der Waals surface area contributed by atoms with Crippen LogP contribution in [0.3, 0.4) is 0 Å². The number of nitrogens with zero attached hydrogens (tertiary/aromatic N) is 1. The van der Waals surface area contributed by atoms with Gasteiger partial charge in [-0.3, -0.25) is 8.98 Å². The van der Waals surface area contributed by atoms with Crippen LogP contribution in [0.4, 0.5) is 0 Å². The number of ether oxygens (including phenoxy) is 1. The second-order valence-corrected chi connectivity index (χ2v) is 5.08. The van der Waals surface area contributed by atoms with Crippen LogP contribution in [0.5, 0.6) is 0 Å². The lowest BCUT2D eigenvalue weighted by atomic mass is 10.3. The summed E-state index contributed by atoms with van der Waals surface area (Å²) < 4.78 is 31.6. The second kappa shape index (κ2) is 5.78. The van der Waals surface area contributed by atoms with Crippen molar-refractivity contribution in [2.24, 2.45) is 0 Å². The quantitative estimate of drug-likeness (QED) is 0.537. The third-order valence-corrected chi connectivity index (χ3v) is 2.65. The molecule has 0 aliphatic rings. The first-order valence-electron chi connectivity index (χ1n) is 4.97. The standard InChI is InChI=1S/C10H13NO6S/c1-16-10(13)8-4-3-5-11(9(8)12)6-7-17-18(2,14)15/h3-5H,6-7H2,1-2H3. The summed E-state index contributed by atoms with van der Waals surface area (Å²) in [6, 6.07) is 2.83. The third-order valence-electron chi connectivity index (χ3n) is 2.06. The molecule has 1 aromatic rings. The first kappa shape index (κ1) is 14.4. The number of carbonyl (C=O) groups excluding carboxylic acids is 1. The number of methoxy groups -OCH3 is 1. The monoisotopic (exact) mass is 275 g/mol. The maximum atomic E-state index is 11.8. The molecule has 1 rings (SSSR count). The van der Waals surface area contributed by atoms with E-state index in [9.17, 15) is 18.0 Å². The molecular weight excluding hydrogens is 262 g/mol. The summed E-state index contributed by atoms with van der Waals surface area (Å²) in [5.41, 5.74) is -0.666. The minimum Gasteiger partial charge on any atom is -0.465 e. The summed E-state index contributed by atoms with van der Waals surface area (Å²) in [6.45, 7) is -0.153. The van der Waals surface area contributed by atoms with Gasteiger partial charge in [-0.2, -0.15) is 8.42 Å². The Bertz CT molecular complexity index is 589. The fourth-order valence-electron chi connectivity index (χ4n) is 1.27. The zero-order valence-corrected chi connectivity index (χ0v) is 10.8. The Balaban J connectivity index is 2.85. The number of carbonyl (C=O) groups is 1. The van der Waals surface area contributed by atoms with E-state index >= 15 is 0 Å². The van der Waals surface area contributed by atoms with Crippen molar-refractivity contribution >= 4 is 16.1 Å². The van der Waals surface area contributed by atoms with Crippen LogP contribution in [-0.4, -0.2) is 38.9 Å². The van der Waals surface area contributed by atoms with Gasteiger partial charge in [0.05, 0.1) is 26.5 Å². The van der Waals surface area contributed by atoms with Gasteiger partial charge in [0.2, 0.25) is 0 Å². The fraction of sp³-hybridized carbons (Fsp3) is 0.400. The molecule has 0 amide bonds. The van der Waals surface area contributed by atoms with Crippen molar-refractivity contribution in [2.75, 3.05) is 20.0 Å². The van der Waals surface area contributed by atoms with Crippen LogP contribution >= 0.6 is 0 Å². The molecule has 0 fully saturated rings. The smallest absolute Gasteiger partial charge is 0.343 e. The van der Waals surface area contributed by atoms with Gasteiger partial charge in [0.25, 0.3) is 15.7 Å². The second-order valence-electron chi connectivity index (χ2n) is 3.44. The highest BCUT2D eigenvalue weighted by Crippen LogP contribution is 1.95. The Hall–Kier alpha value is -1.67. The van der Waals surface area contributed by atoms with Gasteiger partial charge in [-0.05, 0) is 12.1 Å². The first-order chi connectivity index (χ1) is 8.35. The Morgan fingerprint density at radius 1 is 1.44 bits per heavy atom. The van der Waals surface area contributed by atoms with Gasteiger partial charge >= 0.3 is 5.97 Å². The molecule has 0 atom stereocenters. The highest BCUT2D eigenvalue weighted by Gasteiger charge is 2.12. The van der Waals surface area contributed by atoms with Crippen LogP contribution in [-0.2, 0) is 25.6 Å². The van der Waals surface area contributed by atoms with E-state index in [-0.39, 0.29) is 18.7 Å². The van der Waals surface area contributed by atoms with Crippen molar-refractivity contribution in [1.82, 2.24) is 4.57 Å². The number of rotatable bonds is 5. The van der Waals surface area contributed by atoms with Crippen molar-refractivity contribution in [3.8, 4) is 0 Å². The summed E-state index contributed by atoms with van der Waals surface area (Å²) in [4.78, 5) is 23.0. The number of pyridine rings is 1. The van der Waals surface area contributed by atoms with E-state index in [4.69, 9.17) is 0 Å². The van der Waals surface area contributed by atoms with E-state index in [1.807, 2.05) is 0 Å². The van der Waals surface area contributed by atoms with Crippen molar-refractivity contribution < 1.29 is 22.1 Å². The van der Waals surface area contributed by atoms with Crippen LogP contribution in [0, 0.1) is 0 Å². The Kier molecular flexibility index (Phi) is 4.62. The van der Waals surface area contributed by atoms with Crippen molar-refractivity contribution in [3.63, 3.8) is 0 Å². The van der Waals surface area contributed by atoms with Gasteiger partial charge in [-0.15, -0.1) is 0 Å². The molecular formula is C10H13NO6S. The van der Waals surface area contributed by atoms with Crippen molar-refractivity contribution in [1.29, 1.82) is 0 Å². The van der Waals surface area contributed by atoms with Gasteiger partial charge in [-0.25, -0.2) is 4.79 Å². The van der Waals surface area contributed by atoms with Crippen molar-refractivity contribution in [3.05, 3.63) is 34.2 Å². The normalized spacial score (nSPS) is 11.2. The SMILES string of the molecule is COC(=O)c1cccn(CCOS(C)(=O)=O)c1=O. The first-order valence-corrected chi connectivity index (χ1v) is 6.79. The van der Waals surface area contributed by atoms with Gasteiger partial charge < -0.3 is 9.30 Å². The number of hydrogen-bond acceptors (Lipinski definition) is 6. The molecule has 0 spiro atoms. The molecule has 0 aromatic carbocycles. The molecule has 0 aliphatic carbocycles. The van der Waals surface area contributed by atoms with E-state index < -0.39 is 21.6 Å². The molecule has 0 saturated carbocycles. The van der Waals surface area contributed by atoms with Crippen LogP contribution in [0.25, 0.3) is 0 Å². The molecule has 18 heavy (non-hydrogen) atoms. The molecule has 1 heterocycles. The van der Waals surface area contributed by atoms with Crippen LogP contribution < -0.4 is 5.56 Å². The van der Waals surface area contributed by atoms with Gasteiger partial charge in [0.15, 0.2) is 0 Å². The summed E-state index contributed by atoms with van der Waals surface area (Å²) in [7, 11) is -2.37. The molecule has 7 nitrogen and oxygen atoms in total. The predicted octanol–water partition coefficient (Wildman–Crippen LogP) is -0.389. The van der Waals surface area contributed by atoms with Crippen molar-refractivity contribution in [2.45, 2.75) is 6.54 Å². The van der Waals surface area contributed by atoms with Gasteiger partial charge in [0, 0.05) is 6.20 Å². The third kappa shape index (κ3) is 3.97. The van der Waals surface area contributed by atoms with Crippen LogP contribution in [0.15, 0.2) is 23.1 Å². The maximum absolute atomic E-state index is 11.8. The molecule has 0 unspecified atom stereocenters. The topological polar surface area (TPSA) is 91.7 Å². The summed E-state index contributed by atoms with van der Waals surface area (Å²) >= 11 is 0. The van der Waals surface area contributed by atoms with E-state index in [0.717, 1.165) is 6.26 Å². The molecule has 0 aliphatic heterocycles. The number of aromatic nitrogens is 1. The molecule has 1 aromatic heterocycles. The molecule has 0 N–H and O–H groups in total. The minimum atomic E-state index is -3.55. The Morgan fingerprint density at radius 2 is 2.11 bits per heavy atom. The predicted molar refractivity (Wildman–Crippen MR) is 62.8 cm³/mol. The van der Waals surface area contributed by atoms with Gasteiger partial charge in [0.1, 0.15) is 5.56 Å². The number of esters is 1. The van der Waals surface area contributed by atoms with Crippen LogP contribution in [0.1, 0.15) is 10.4 Å². The van der Waals surface area contributed by atoms with E-state index in [1.165, 1.54) is 30.0 Å². The Labute approximate surface area is 104 Å². The molecule has 0 bridgehead atoms. The molecule has 8 heteroatoms. The lowest BCUT2D eigenvalue weighted by molar-refractivity contribution is 0.0597.